The summed E-state index contributed by atoms with van der Waals surface area (Å²) in [6.07, 6.45) is 1.81. The number of anilines is 1. The zero-order valence-electron chi connectivity index (χ0n) is 7.68. The van der Waals surface area contributed by atoms with Gasteiger partial charge in [-0.15, -0.1) is 16.7 Å². The Balaban J connectivity index is 1.88. The fourth-order valence-electron chi connectivity index (χ4n) is 0.932. The number of hydrogen-bond acceptors (Lipinski definition) is 7. The molecule has 0 spiro atoms. The molecule has 0 saturated heterocycles. The molecule has 0 aliphatic carbocycles. The van der Waals surface area contributed by atoms with Gasteiger partial charge in [-0.1, -0.05) is 10.3 Å². The van der Waals surface area contributed by atoms with E-state index in [-0.39, 0.29) is 0 Å². The van der Waals surface area contributed by atoms with Crippen LogP contribution in [0.1, 0.15) is 11.7 Å². The van der Waals surface area contributed by atoms with Gasteiger partial charge in [0.2, 0.25) is 12.3 Å². The fourth-order valence-corrected chi connectivity index (χ4v) is 1.09. The van der Waals surface area contributed by atoms with Crippen LogP contribution in [0.3, 0.4) is 0 Å². The summed E-state index contributed by atoms with van der Waals surface area (Å²) in [7, 11) is 0. The third-order valence-electron chi connectivity index (χ3n) is 1.58. The highest BCUT2D eigenvalue weighted by atomic mass is 35.5. The largest absolute Gasteiger partial charge is 0.408 e. The number of hydrogen-bond donors (Lipinski definition) is 1. The third kappa shape index (κ3) is 2.66. The van der Waals surface area contributed by atoms with Gasteiger partial charge in [0.1, 0.15) is 0 Å². The first kappa shape index (κ1) is 9.91. The SMILES string of the molecule is ClCCc1nnc(NCc2ncon2)o1. The van der Waals surface area contributed by atoms with Crippen LogP contribution in [-0.4, -0.2) is 26.2 Å². The maximum atomic E-state index is 5.52. The fraction of sp³-hybridized carbons (Fsp3) is 0.429. The molecule has 15 heavy (non-hydrogen) atoms. The average Bonchev–Trinajstić information content (AvgIpc) is 2.85. The topological polar surface area (TPSA) is 89.9 Å². The molecule has 0 radical (unpaired) electrons. The zero-order valence-corrected chi connectivity index (χ0v) is 8.44. The second-order valence-electron chi connectivity index (χ2n) is 2.64. The predicted octanol–water partition coefficient (Wildman–Crippen LogP) is 0.846. The highest BCUT2D eigenvalue weighted by Gasteiger charge is 2.05. The molecule has 1 N–H and O–H groups in total. The molecule has 0 bridgehead atoms. The van der Waals surface area contributed by atoms with Crippen molar-refractivity contribution >= 4 is 17.6 Å². The van der Waals surface area contributed by atoms with Crippen molar-refractivity contribution < 1.29 is 8.94 Å². The summed E-state index contributed by atoms with van der Waals surface area (Å²) in [4.78, 5) is 3.82. The number of halogens is 1. The van der Waals surface area contributed by atoms with Crippen LogP contribution < -0.4 is 5.32 Å². The molecule has 0 atom stereocenters. The first-order valence-electron chi connectivity index (χ1n) is 4.26. The van der Waals surface area contributed by atoms with Gasteiger partial charge in [0.15, 0.2) is 5.82 Å². The van der Waals surface area contributed by atoms with Gasteiger partial charge < -0.3 is 14.3 Å². The summed E-state index contributed by atoms with van der Waals surface area (Å²) in [5.74, 6) is 1.47. The van der Waals surface area contributed by atoms with Gasteiger partial charge in [0.25, 0.3) is 0 Å². The molecule has 0 fully saturated rings. The van der Waals surface area contributed by atoms with Crippen LogP contribution in [0.25, 0.3) is 0 Å². The van der Waals surface area contributed by atoms with Crippen molar-refractivity contribution in [1.29, 1.82) is 0 Å². The van der Waals surface area contributed by atoms with Crippen LogP contribution in [0, 0.1) is 0 Å². The number of nitrogens with one attached hydrogen (secondary N) is 1. The quantitative estimate of drug-likeness (QED) is 0.760. The number of rotatable bonds is 5. The van der Waals surface area contributed by atoms with E-state index in [1.165, 1.54) is 6.39 Å². The van der Waals surface area contributed by atoms with E-state index in [1.54, 1.807) is 0 Å². The Hall–Kier alpha value is -1.63. The molecule has 80 valence electrons. The van der Waals surface area contributed by atoms with E-state index in [9.17, 15) is 0 Å². The molecule has 0 aliphatic rings. The van der Waals surface area contributed by atoms with E-state index in [1.807, 2.05) is 0 Å². The Morgan fingerprint density at radius 1 is 1.40 bits per heavy atom. The molecule has 7 nitrogen and oxygen atoms in total. The minimum absolute atomic E-state index is 0.319. The maximum Gasteiger partial charge on any atom is 0.315 e. The lowest BCUT2D eigenvalue weighted by Gasteiger charge is -1.94. The van der Waals surface area contributed by atoms with Gasteiger partial charge in [0.05, 0.1) is 6.54 Å². The Labute approximate surface area is 89.8 Å². The molecule has 0 aromatic carbocycles. The van der Waals surface area contributed by atoms with Gasteiger partial charge >= 0.3 is 6.01 Å². The van der Waals surface area contributed by atoms with Crippen molar-refractivity contribution in [2.75, 3.05) is 11.2 Å². The molecule has 0 aliphatic heterocycles. The minimum Gasteiger partial charge on any atom is -0.408 e. The Kier molecular flexibility index (Phi) is 3.13. The molecule has 2 aromatic heterocycles. The first-order chi connectivity index (χ1) is 7.38. The second-order valence-corrected chi connectivity index (χ2v) is 3.02. The molecular weight excluding hydrogens is 222 g/mol. The molecule has 2 aromatic rings. The lowest BCUT2D eigenvalue weighted by Crippen LogP contribution is -2.01. The van der Waals surface area contributed by atoms with Crippen LogP contribution in [0.5, 0.6) is 0 Å². The average molecular weight is 230 g/mol. The van der Waals surface area contributed by atoms with Gasteiger partial charge in [-0.2, -0.15) is 4.98 Å². The van der Waals surface area contributed by atoms with Gasteiger partial charge in [0, 0.05) is 12.3 Å². The van der Waals surface area contributed by atoms with Crippen LogP contribution in [0.2, 0.25) is 0 Å². The summed E-state index contributed by atoms with van der Waals surface area (Å²) in [5.41, 5.74) is 0. The van der Waals surface area contributed by atoms with E-state index in [2.05, 4.69) is 30.2 Å². The van der Waals surface area contributed by atoms with E-state index < -0.39 is 0 Å². The summed E-state index contributed by atoms with van der Waals surface area (Å²) in [5, 5.41) is 14.0. The highest BCUT2D eigenvalue weighted by Crippen LogP contribution is 2.07. The summed E-state index contributed by atoms with van der Waals surface area (Å²) < 4.78 is 9.78. The first-order valence-corrected chi connectivity index (χ1v) is 4.79. The van der Waals surface area contributed by atoms with E-state index >= 15 is 0 Å². The number of nitrogens with zero attached hydrogens (tertiary/aromatic N) is 4. The second kappa shape index (κ2) is 4.74. The molecule has 0 unspecified atom stereocenters. The lowest BCUT2D eigenvalue weighted by atomic mass is 10.5. The Bertz CT molecular complexity index is 401. The zero-order chi connectivity index (χ0) is 10.5. The van der Waals surface area contributed by atoms with Crippen LogP contribution in [-0.2, 0) is 13.0 Å². The summed E-state index contributed by atoms with van der Waals surface area (Å²) in [6, 6.07) is 0.319. The number of aryl methyl sites for hydroxylation is 1. The molecule has 2 heterocycles. The monoisotopic (exact) mass is 229 g/mol. The number of aromatic nitrogens is 4. The molecule has 0 amide bonds. The van der Waals surface area contributed by atoms with Gasteiger partial charge in [-0.25, -0.2) is 0 Å². The third-order valence-corrected chi connectivity index (χ3v) is 1.77. The highest BCUT2D eigenvalue weighted by molar-refractivity contribution is 6.17. The standard InChI is InChI=1S/C7H8ClN5O2/c8-2-1-6-11-12-7(15-6)9-3-5-10-4-14-13-5/h4H,1-3H2,(H,9,12). The van der Waals surface area contributed by atoms with Crippen molar-refractivity contribution in [3.05, 3.63) is 18.1 Å². The van der Waals surface area contributed by atoms with E-state index in [4.69, 9.17) is 16.0 Å². The molecule has 2 rings (SSSR count). The Morgan fingerprint density at radius 3 is 3.07 bits per heavy atom. The van der Waals surface area contributed by atoms with Crippen molar-refractivity contribution in [1.82, 2.24) is 20.3 Å². The van der Waals surface area contributed by atoms with Crippen molar-refractivity contribution in [2.45, 2.75) is 13.0 Å². The lowest BCUT2D eigenvalue weighted by molar-refractivity contribution is 0.410. The summed E-state index contributed by atoms with van der Waals surface area (Å²) in [6.45, 7) is 0.374. The Morgan fingerprint density at radius 2 is 2.33 bits per heavy atom. The van der Waals surface area contributed by atoms with Crippen LogP contribution in [0.4, 0.5) is 6.01 Å². The van der Waals surface area contributed by atoms with Gasteiger partial charge in [-0.05, 0) is 0 Å². The molecule has 0 saturated carbocycles. The van der Waals surface area contributed by atoms with Crippen molar-refractivity contribution in [2.24, 2.45) is 0 Å². The minimum atomic E-state index is 0.319. The summed E-state index contributed by atoms with van der Waals surface area (Å²) >= 11 is 5.52. The maximum absolute atomic E-state index is 5.52. The molecule has 8 heteroatoms. The predicted molar refractivity (Wildman–Crippen MR) is 50.3 cm³/mol. The molecular formula is C7H8ClN5O2. The van der Waals surface area contributed by atoms with Crippen molar-refractivity contribution in [3.8, 4) is 0 Å². The smallest absolute Gasteiger partial charge is 0.315 e. The normalized spacial score (nSPS) is 10.5. The van der Waals surface area contributed by atoms with Crippen LogP contribution >= 0.6 is 11.6 Å². The van der Waals surface area contributed by atoms with Crippen molar-refractivity contribution in [3.63, 3.8) is 0 Å². The number of alkyl halides is 1. The van der Waals surface area contributed by atoms with Gasteiger partial charge in [-0.3, -0.25) is 0 Å². The van der Waals surface area contributed by atoms with Crippen LogP contribution in [0.15, 0.2) is 15.3 Å². The van der Waals surface area contributed by atoms with E-state index in [0.29, 0.717) is 36.6 Å². The van der Waals surface area contributed by atoms with E-state index in [0.717, 1.165) is 0 Å².